The van der Waals surface area contributed by atoms with Crippen LogP contribution < -0.4 is 5.32 Å². The summed E-state index contributed by atoms with van der Waals surface area (Å²) in [7, 11) is 0. The number of carbonyl (C=O) groups is 1. The number of fused-ring (bicyclic) bond motifs is 1. The monoisotopic (exact) mass is 183 g/mol. The van der Waals surface area contributed by atoms with Crippen LogP contribution in [0.1, 0.15) is 26.2 Å². The van der Waals surface area contributed by atoms with Gasteiger partial charge in [0.1, 0.15) is 6.04 Å². The van der Waals surface area contributed by atoms with E-state index in [1.165, 1.54) is 19.3 Å². The minimum absolute atomic E-state index is 0.00699. The summed E-state index contributed by atoms with van der Waals surface area (Å²) in [4.78, 5) is 11.5. The molecule has 1 saturated heterocycles. The van der Waals surface area contributed by atoms with Gasteiger partial charge in [0.25, 0.3) is 0 Å². The second-order valence-corrected chi connectivity index (χ2v) is 3.99. The maximum absolute atomic E-state index is 11.5. The molecular formula is C10H17NO2. The van der Waals surface area contributed by atoms with Crippen molar-refractivity contribution in [3.63, 3.8) is 0 Å². The van der Waals surface area contributed by atoms with Gasteiger partial charge in [-0.15, -0.1) is 0 Å². The van der Waals surface area contributed by atoms with Crippen LogP contribution in [0.2, 0.25) is 0 Å². The van der Waals surface area contributed by atoms with Gasteiger partial charge in [-0.3, -0.25) is 4.79 Å². The van der Waals surface area contributed by atoms with Crippen molar-refractivity contribution in [1.29, 1.82) is 0 Å². The lowest BCUT2D eigenvalue weighted by Gasteiger charge is -2.15. The topological polar surface area (TPSA) is 38.3 Å². The predicted molar refractivity (Wildman–Crippen MR) is 49.3 cm³/mol. The molecule has 0 radical (unpaired) electrons. The van der Waals surface area contributed by atoms with Crippen molar-refractivity contribution in [2.24, 2.45) is 11.8 Å². The first kappa shape index (κ1) is 9.00. The number of ether oxygens (including phenoxy) is 1. The van der Waals surface area contributed by atoms with Crippen molar-refractivity contribution in [3.05, 3.63) is 0 Å². The number of nitrogens with one attached hydrogen (secondary N) is 1. The molecule has 2 rings (SSSR count). The van der Waals surface area contributed by atoms with E-state index in [-0.39, 0.29) is 12.0 Å². The third-order valence-electron chi connectivity index (χ3n) is 3.29. The zero-order chi connectivity index (χ0) is 9.26. The Kier molecular flexibility index (Phi) is 2.54. The van der Waals surface area contributed by atoms with Gasteiger partial charge in [-0.05, 0) is 38.1 Å². The van der Waals surface area contributed by atoms with E-state index in [2.05, 4.69) is 5.32 Å². The zero-order valence-corrected chi connectivity index (χ0v) is 8.08. The molecule has 1 heterocycles. The minimum atomic E-state index is -0.0445. The van der Waals surface area contributed by atoms with E-state index >= 15 is 0 Å². The summed E-state index contributed by atoms with van der Waals surface area (Å²) in [5.41, 5.74) is 0. The highest BCUT2D eigenvalue weighted by Gasteiger charge is 2.42. The van der Waals surface area contributed by atoms with Gasteiger partial charge in [-0.2, -0.15) is 0 Å². The summed E-state index contributed by atoms with van der Waals surface area (Å²) in [6, 6.07) is -0.00699. The molecule has 0 aromatic carbocycles. The molecule has 74 valence electrons. The highest BCUT2D eigenvalue weighted by molar-refractivity contribution is 5.76. The maximum atomic E-state index is 11.5. The zero-order valence-electron chi connectivity index (χ0n) is 8.08. The lowest BCUT2D eigenvalue weighted by Crippen LogP contribution is -2.37. The second-order valence-electron chi connectivity index (χ2n) is 3.99. The Labute approximate surface area is 78.8 Å². The van der Waals surface area contributed by atoms with Gasteiger partial charge in [0.05, 0.1) is 6.61 Å². The van der Waals surface area contributed by atoms with Gasteiger partial charge in [0.2, 0.25) is 0 Å². The van der Waals surface area contributed by atoms with Crippen molar-refractivity contribution in [3.8, 4) is 0 Å². The molecule has 0 unspecified atom stereocenters. The highest BCUT2D eigenvalue weighted by Crippen LogP contribution is 2.37. The van der Waals surface area contributed by atoms with Crippen LogP contribution in [-0.2, 0) is 9.53 Å². The third kappa shape index (κ3) is 1.57. The summed E-state index contributed by atoms with van der Waals surface area (Å²) in [6.07, 6.45) is 3.77. The van der Waals surface area contributed by atoms with Crippen molar-refractivity contribution in [2.75, 3.05) is 13.2 Å². The molecule has 0 bridgehead atoms. The van der Waals surface area contributed by atoms with E-state index in [1.807, 2.05) is 6.92 Å². The molecule has 1 saturated carbocycles. The molecule has 1 N–H and O–H groups in total. The molecule has 13 heavy (non-hydrogen) atoms. The van der Waals surface area contributed by atoms with E-state index in [0.29, 0.717) is 12.5 Å². The van der Waals surface area contributed by atoms with E-state index in [9.17, 15) is 4.79 Å². The fourth-order valence-electron chi connectivity index (χ4n) is 2.68. The molecule has 3 atom stereocenters. The molecule has 2 fully saturated rings. The van der Waals surface area contributed by atoms with Crippen molar-refractivity contribution in [1.82, 2.24) is 5.32 Å². The Hall–Kier alpha value is -0.570. The molecule has 1 aliphatic heterocycles. The van der Waals surface area contributed by atoms with Gasteiger partial charge in [0, 0.05) is 0 Å². The third-order valence-corrected chi connectivity index (χ3v) is 3.29. The number of rotatable bonds is 2. The fraction of sp³-hybridized carbons (Fsp3) is 0.900. The van der Waals surface area contributed by atoms with E-state index in [4.69, 9.17) is 4.74 Å². The Morgan fingerprint density at radius 3 is 3.15 bits per heavy atom. The maximum Gasteiger partial charge on any atom is 0.323 e. The van der Waals surface area contributed by atoms with Crippen LogP contribution in [0.15, 0.2) is 0 Å². The normalized spacial score (nSPS) is 37.5. The number of esters is 1. The Balaban J connectivity index is 1.96. The molecule has 3 heteroatoms. The Bertz CT molecular complexity index is 205. The summed E-state index contributed by atoms with van der Waals surface area (Å²) in [5.74, 6) is 1.24. The Morgan fingerprint density at radius 1 is 1.54 bits per heavy atom. The average molecular weight is 183 g/mol. The van der Waals surface area contributed by atoms with Crippen molar-refractivity contribution >= 4 is 5.97 Å². The van der Waals surface area contributed by atoms with Gasteiger partial charge in [-0.1, -0.05) is 6.42 Å². The lowest BCUT2D eigenvalue weighted by atomic mass is 9.94. The van der Waals surface area contributed by atoms with E-state index < -0.39 is 0 Å². The summed E-state index contributed by atoms with van der Waals surface area (Å²) < 4.78 is 5.03. The summed E-state index contributed by atoms with van der Waals surface area (Å²) >= 11 is 0. The number of carbonyl (C=O) groups excluding carboxylic acids is 1. The van der Waals surface area contributed by atoms with Crippen molar-refractivity contribution in [2.45, 2.75) is 32.2 Å². The molecule has 1 aliphatic carbocycles. The molecular weight excluding hydrogens is 166 g/mol. The van der Waals surface area contributed by atoms with Crippen LogP contribution >= 0.6 is 0 Å². The lowest BCUT2D eigenvalue weighted by molar-refractivity contribution is -0.146. The van der Waals surface area contributed by atoms with Crippen LogP contribution in [0.25, 0.3) is 0 Å². The first-order chi connectivity index (χ1) is 6.33. The smallest absolute Gasteiger partial charge is 0.323 e. The van der Waals surface area contributed by atoms with Crippen LogP contribution in [0.3, 0.4) is 0 Å². The number of hydrogen-bond acceptors (Lipinski definition) is 3. The Morgan fingerprint density at radius 2 is 2.38 bits per heavy atom. The number of hydrogen-bond donors (Lipinski definition) is 1. The molecule has 0 aromatic heterocycles. The predicted octanol–water partition coefficient (Wildman–Crippen LogP) is 0.938. The molecule has 3 nitrogen and oxygen atoms in total. The van der Waals surface area contributed by atoms with Gasteiger partial charge in [-0.25, -0.2) is 0 Å². The van der Waals surface area contributed by atoms with Gasteiger partial charge >= 0.3 is 5.97 Å². The molecule has 2 aliphatic rings. The standard InChI is InChI=1S/C10H17NO2/c1-2-13-10(12)9-8-5-3-4-7(8)6-11-9/h7-9,11H,2-6H2,1H3/t7-,8-,9+/m1/s1. The average Bonchev–Trinajstić information content (AvgIpc) is 2.62. The second kappa shape index (κ2) is 3.66. The largest absolute Gasteiger partial charge is 0.465 e. The quantitative estimate of drug-likeness (QED) is 0.647. The van der Waals surface area contributed by atoms with Crippen LogP contribution in [-0.4, -0.2) is 25.2 Å². The van der Waals surface area contributed by atoms with Crippen LogP contribution in [0.4, 0.5) is 0 Å². The van der Waals surface area contributed by atoms with Crippen molar-refractivity contribution < 1.29 is 9.53 Å². The van der Waals surface area contributed by atoms with E-state index in [1.54, 1.807) is 0 Å². The van der Waals surface area contributed by atoms with Crippen LogP contribution in [0.5, 0.6) is 0 Å². The molecule has 0 amide bonds. The minimum Gasteiger partial charge on any atom is -0.465 e. The summed E-state index contributed by atoms with van der Waals surface area (Å²) in [6.45, 7) is 3.36. The van der Waals surface area contributed by atoms with E-state index in [0.717, 1.165) is 12.5 Å². The van der Waals surface area contributed by atoms with Gasteiger partial charge in [0.15, 0.2) is 0 Å². The first-order valence-electron chi connectivity index (χ1n) is 5.23. The summed E-state index contributed by atoms with van der Waals surface area (Å²) in [5, 5.41) is 3.27. The molecule has 0 aromatic rings. The van der Waals surface area contributed by atoms with Gasteiger partial charge < -0.3 is 10.1 Å². The fourth-order valence-corrected chi connectivity index (χ4v) is 2.68. The SMILES string of the molecule is CCOC(=O)[C@H]1NC[C@H]2CCC[C@H]21. The molecule has 0 spiro atoms. The first-order valence-corrected chi connectivity index (χ1v) is 5.23. The highest BCUT2D eigenvalue weighted by atomic mass is 16.5. The van der Waals surface area contributed by atoms with Crippen LogP contribution in [0, 0.1) is 11.8 Å².